The Labute approximate surface area is 166 Å². The number of carbonyl (C=O) groups is 1. The molecular formula is C20H25N3O4S. The molecule has 1 aliphatic rings. The molecule has 1 N–H and O–H groups in total. The zero-order valence-corrected chi connectivity index (χ0v) is 16.9. The predicted octanol–water partition coefficient (Wildman–Crippen LogP) is 2.02. The van der Waals surface area contributed by atoms with Crippen LogP contribution in [0.1, 0.15) is 15.9 Å². The van der Waals surface area contributed by atoms with Crippen molar-refractivity contribution >= 4 is 21.6 Å². The van der Waals surface area contributed by atoms with Gasteiger partial charge in [0.1, 0.15) is 0 Å². The molecule has 7 nitrogen and oxygen atoms in total. The second kappa shape index (κ2) is 8.83. The summed E-state index contributed by atoms with van der Waals surface area (Å²) in [5.41, 5.74) is 2.23. The molecule has 1 amide bonds. The summed E-state index contributed by atoms with van der Waals surface area (Å²) < 4.78 is 30.7. The summed E-state index contributed by atoms with van der Waals surface area (Å²) in [6, 6.07) is 13.7. The maximum Gasteiger partial charge on any atom is 0.255 e. The van der Waals surface area contributed by atoms with E-state index in [4.69, 9.17) is 4.74 Å². The highest BCUT2D eigenvalue weighted by molar-refractivity contribution is 7.89. The Morgan fingerprint density at radius 3 is 2.43 bits per heavy atom. The summed E-state index contributed by atoms with van der Waals surface area (Å²) in [5, 5.41) is 2.87. The SMILES string of the molecule is CN(C)S(=O)(=O)c1ccc(C(=O)Nc2cccc(CN3CCOCC3)c2)cc1. The van der Waals surface area contributed by atoms with Gasteiger partial charge in [0.05, 0.1) is 18.1 Å². The van der Waals surface area contributed by atoms with Crippen LogP contribution in [0, 0.1) is 0 Å². The van der Waals surface area contributed by atoms with Gasteiger partial charge in [0.15, 0.2) is 0 Å². The van der Waals surface area contributed by atoms with Crippen molar-refractivity contribution in [2.75, 3.05) is 45.7 Å². The number of sulfonamides is 1. The van der Waals surface area contributed by atoms with E-state index in [2.05, 4.69) is 10.2 Å². The molecule has 8 heteroatoms. The smallest absolute Gasteiger partial charge is 0.255 e. The summed E-state index contributed by atoms with van der Waals surface area (Å²) in [6.07, 6.45) is 0. The molecule has 3 rings (SSSR count). The first-order valence-corrected chi connectivity index (χ1v) is 10.5. The van der Waals surface area contributed by atoms with Gasteiger partial charge in [-0.15, -0.1) is 0 Å². The van der Waals surface area contributed by atoms with Gasteiger partial charge in [-0.1, -0.05) is 12.1 Å². The van der Waals surface area contributed by atoms with Crippen LogP contribution in [0.5, 0.6) is 0 Å². The number of hydrogen-bond acceptors (Lipinski definition) is 5. The van der Waals surface area contributed by atoms with E-state index in [1.807, 2.05) is 24.3 Å². The fourth-order valence-corrected chi connectivity index (χ4v) is 3.86. The highest BCUT2D eigenvalue weighted by atomic mass is 32.2. The van der Waals surface area contributed by atoms with Crippen LogP contribution in [0.2, 0.25) is 0 Å². The van der Waals surface area contributed by atoms with Crippen LogP contribution in [0.3, 0.4) is 0 Å². The molecule has 1 heterocycles. The molecule has 0 radical (unpaired) electrons. The number of amides is 1. The number of benzene rings is 2. The van der Waals surface area contributed by atoms with E-state index in [0.717, 1.165) is 42.7 Å². The van der Waals surface area contributed by atoms with Crippen molar-refractivity contribution < 1.29 is 17.9 Å². The molecule has 0 saturated carbocycles. The molecule has 1 aliphatic heterocycles. The van der Waals surface area contributed by atoms with Gasteiger partial charge < -0.3 is 10.1 Å². The third kappa shape index (κ3) is 4.96. The lowest BCUT2D eigenvalue weighted by Crippen LogP contribution is -2.35. The van der Waals surface area contributed by atoms with E-state index in [9.17, 15) is 13.2 Å². The second-order valence-corrected chi connectivity index (χ2v) is 9.01. The van der Waals surface area contributed by atoms with Crippen LogP contribution < -0.4 is 5.32 Å². The Morgan fingerprint density at radius 2 is 1.79 bits per heavy atom. The van der Waals surface area contributed by atoms with Gasteiger partial charge in [-0.2, -0.15) is 0 Å². The Kier molecular flexibility index (Phi) is 6.46. The van der Waals surface area contributed by atoms with Crippen molar-refractivity contribution in [3.8, 4) is 0 Å². The molecule has 0 atom stereocenters. The minimum Gasteiger partial charge on any atom is -0.379 e. The van der Waals surface area contributed by atoms with Crippen LogP contribution in [0.25, 0.3) is 0 Å². The molecule has 1 fully saturated rings. The summed E-state index contributed by atoms with van der Waals surface area (Å²) in [6.45, 7) is 4.10. The van der Waals surface area contributed by atoms with E-state index in [1.165, 1.54) is 38.4 Å². The van der Waals surface area contributed by atoms with Crippen molar-refractivity contribution in [2.45, 2.75) is 11.4 Å². The minimum absolute atomic E-state index is 0.154. The Morgan fingerprint density at radius 1 is 1.11 bits per heavy atom. The van der Waals surface area contributed by atoms with Crippen LogP contribution in [-0.4, -0.2) is 63.9 Å². The first kappa shape index (κ1) is 20.5. The quantitative estimate of drug-likeness (QED) is 0.798. The molecule has 28 heavy (non-hydrogen) atoms. The summed E-state index contributed by atoms with van der Waals surface area (Å²) in [5.74, 6) is -0.280. The number of ether oxygens (including phenoxy) is 1. The average Bonchev–Trinajstić information content (AvgIpc) is 2.69. The van der Waals surface area contributed by atoms with Crippen LogP contribution in [0.15, 0.2) is 53.4 Å². The lowest BCUT2D eigenvalue weighted by Gasteiger charge is -2.26. The van der Waals surface area contributed by atoms with Gasteiger partial charge in [0.2, 0.25) is 10.0 Å². The van der Waals surface area contributed by atoms with Gasteiger partial charge in [-0.05, 0) is 42.0 Å². The topological polar surface area (TPSA) is 79.0 Å². The normalized spacial score (nSPS) is 15.5. The third-order valence-electron chi connectivity index (χ3n) is 4.59. The average molecular weight is 404 g/mol. The molecule has 0 aromatic heterocycles. The van der Waals surface area contributed by atoms with Crippen LogP contribution in [-0.2, 0) is 21.3 Å². The minimum atomic E-state index is -3.51. The van der Waals surface area contributed by atoms with E-state index in [1.54, 1.807) is 0 Å². The number of hydrogen-bond donors (Lipinski definition) is 1. The third-order valence-corrected chi connectivity index (χ3v) is 6.42. The van der Waals surface area contributed by atoms with Gasteiger partial charge in [-0.25, -0.2) is 12.7 Å². The number of carbonyl (C=O) groups excluding carboxylic acids is 1. The fraction of sp³-hybridized carbons (Fsp3) is 0.350. The Balaban J connectivity index is 1.66. The summed E-state index contributed by atoms with van der Waals surface area (Å²) >= 11 is 0. The second-order valence-electron chi connectivity index (χ2n) is 6.85. The number of morpholine rings is 1. The number of rotatable bonds is 6. The maximum atomic E-state index is 12.5. The molecule has 2 aromatic carbocycles. The van der Waals surface area contributed by atoms with Crippen molar-refractivity contribution in [3.63, 3.8) is 0 Å². The first-order valence-electron chi connectivity index (χ1n) is 9.09. The molecule has 0 aliphatic carbocycles. The van der Waals surface area contributed by atoms with Crippen molar-refractivity contribution in [1.82, 2.24) is 9.21 Å². The zero-order chi connectivity index (χ0) is 20.1. The lowest BCUT2D eigenvalue weighted by atomic mass is 10.1. The van der Waals surface area contributed by atoms with E-state index < -0.39 is 10.0 Å². The van der Waals surface area contributed by atoms with Gasteiger partial charge in [0.25, 0.3) is 5.91 Å². The first-order chi connectivity index (χ1) is 13.4. The maximum absolute atomic E-state index is 12.5. The molecule has 0 spiro atoms. The van der Waals surface area contributed by atoms with Crippen LogP contribution in [0.4, 0.5) is 5.69 Å². The number of anilines is 1. The monoisotopic (exact) mass is 403 g/mol. The Bertz CT molecular complexity index is 921. The fourth-order valence-electron chi connectivity index (χ4n) is 2.96. The summed E-state index contributed by atoms with van der Waals surface area (Å²) in [4.78, 5) is 15.0. The number of nitrogens with zero attached hydrogens (tertiary/aromatic N) is 2. The number of nitrogens with one attached hydrogen (secondary N) is 1. The lowest BCUT2D eigenvalue weighted by molar-refractivity contribution is 0.0342. The van der Waals surface area contributed by atoms with Gasteiger partial charge >= 0.3 is 0 Å². The molecule has 1 saturated heterocycles. The van der Waals surface area contributed by atoms with E-state index >= 15 is 0 Å². The van der Waals surface area contributed by atoms with Gasteiger partial charge in [-0.3, -0.25) is 9.69 Å². The van der Waals surface area contributed by atoms with E-state index in [0.29, 0.717) is 11.3 Å². The molecular weight excluding hydrogens is 378 g/mol. The van der Waals surface area contributed by atoms with Crippen molar-refractivity contribution in [2.24, 2.45) is 0 Å². The molecule has 0 bridgehead atoms. The van der Waals surface area contributed by atoms with E-state index in [-0.39, 0.29) is 10.8 Å². The highest BCUT2D eigenvalue weighted by Gasteiger charge is 2.17. The highest BCUT2D eigenvalue weighted by Crippen LogP contribution is 2.17. The zero-order valence-electron chi connectivity index (χ0n) is 16.1. The molecule has 0 unspecified atom stereocenters. The van der Waals surface area contributed by atoms with Crippen molar-refractivity contribution in [1.29, 1.82) is 0 Å². The predicted molar refractivity (Wildman–Crippen MR) is 108 cm³/mol. The van der Waals surface area contributed by atoms with Gasteiger partial charge in [0, 0.05) is 45.0 Å². The molecule has 150 valence electrons. The van der Waals surface area contributed by atoms with Crippen molar-refractivity contribution in [3.05, 3.63) is 59.7 Å². The summed E-state index contributed by atoms with van der Waals surface area (Å²) in [7, 11) is -0.566. The van der Waals surface area contributed by atoms with Crippen LogP contribution >= 0.6 is 0 Å². The Hall–Kier alpha value is -2.26. The molecule has 2 aromatic rings. The standard InChI is InChI=1S/C20H25N3O4S/c1-22(2)28(25,26)19-8-6-17(7-9-19)20(24)21-18-5-3-4-16(14-18)15-23-10-12-27-13-11-23/h3-9,14H,10-13,15H2,1-2H3,(H,21,24). The largest absolute Gasteiger partial charge is 0.379 e.